The molecule has 140 valence electrons. The Bertz CT molecular complexity index is 1150. The molecule has 0 spiro atoms. The van der Waals surface area contributed by atoms with Gasteiger partial charge in [0.1, 0.15) is 11.6 Å². The van der Waals surface area contributed by atoms with E-state index in [0.29, 0.717) is 27.9 Å². The molecule has 0 atom stereocenters. The molecular formula is C21H14F3N3S. The maximum Gasteiger partial charge on any atom is 0.190 e. The van der Waals surface area contributed by atoms with Crippen LogP contribution < -0.4 is 5.32 Å². The Hall–Kier alpha value is -3.06. The fourth-order valence-corrected chi connectivity index (χ4v) is 3.49. The van der Waals surface area contributed by atoms with E-state index in [1.54, 1.807) is 6.07 Å². The number of hydrogen-bond acceptors (Lipinski definition) is 4. The SMILES string of the molecule is Fc1cccc(CSc2nc(Nc3ccc(F)c(F)c3)c3ccccc3n2)c1. The van der Waals surface area contributed by atoms with E-state index in [1.165, 1.54) is 30.0 Å². The van der Waals surface area contributed by atoms with Crippen LogP contribution in [0.4, 0.5) is 24.7 Å². The molecule has 28 heavy (non-hydrogen) atoms. The Morgan fingerprint density at radius 2 is 1.68 bits per heavy atom. The average molecular weight is 397 g/mol. The van der Waals surface area contributed by atoms with E-state index in [-0.39, 0.29) is 5.82 Å². The average Bonchev–Trinajstić information content (AvgIpc) is 2.69. The highest BCUT2D eigenvalue weighted by Crippen LogP contribution is 2.28. The number of rotatable bonds is 5. The Labute approximate surface area is 163 Å². The van der Waals surface area contributed by atoms with Crippen LogP contribution in [0.5, 0.6) is 0 Å². The number of halogens is 3. The normalized spacial score (nSPS) is 11.0. The van der Waals surface area contributed by atoms with E-state index in [2.05, 4.69) is 15.3 Å². The summed E-state index contributed by atoms with van der Waals surface area (Å²) < 4.78 is 40.1. The van der Waals surface area contributed by atoms with Gasteiger partial charge in [-0.1, -0.05) is 36.0 Å². The molecule has 0 aliphatic heterocycles. The second-order valence-electron chi connectivity index (χ2n) is 6.04. The number of anilines is 2. The lowest BCUT2D eigenvalue weighted by Gasteiger charge is -2.11. The summed E-state index contributed by atoms with van der Waals surface area (Å²) in [6.45, 7) is 0. The maximum atomic E-state index is 13.5. The standard InChI is InChI=1S/C21H14F3N3S/c22-14-5-3-4-13(10-14)12-28-21-26-19-7-2-1-6-16(19)20(27-21)25-15-8-9-17(23)18(24)11-15/h1-11H,12H2,(H,25,26,27). The van der Waals surface area contributed by atoms with Gasteiger partial charge in [0.15, 0.2) is 16.8 Å². The van der Waals surface area contributed by atoms with Crippen LogP contribution in [0.1, 0.15) is 5.56 Å². The van der Waals surface area contributed by atoms with E-state index >= 15 is 0 Å². The van der Waals surface area contributed by atoms with Crippen LogP contribution in [0.3, 0.4) is 0 Å². The van der Waals surface area contributed by atoms with Gasteiger partial charge in [0.25, 0.3) is 0 Å². The summed E-state index contributed by atoms with van der Waals surface area (Å²) in [5.74, 6) is -1.16. The summed E-state index contributed by atoms with van der Waals surface area (Å²) in [4.78, 5) is 9.05. The van der Waals surface area contributed by atoms with Gasteiger partial charge in [0.05, 0.1) is 5.52 Å². The number of aromatic nitrogens is 2. The molecule has 0 unspecified atom stereocenters. The van der Waals surface area contributed by atoms with E-state index in [1.807, 2.05) is 30.3 Å². The van der Waals surface area contributed by atoms with Gasteiger partial charge < -0.3 is 5.32 Å². The van der Waals surface area contributed by atoms with Gasteiger partial charge in [0.2, 0.25) is 0 Å². The summed E-state index contributed by atoms with van der Waals surface area (Å²) in [6.07, 6.45) is 0. The molecule has 1 N–H and O–H groups in total. The summed E-state index contributed by atoms with van der Waals surface area (Å²) in [5.41, 5.74) is 1.91. The molecular weight excluding hydrogens is 383 g/mol. The van der Waals surface area contributed by atoms with Crippen molar-refractivity contribution in [2.24, 2.45) is 0 Å². The van der Waals surface area contributed by atoms with Crippen molar-refractivity contribution in [1.82, 2.24) is 9.97 Å². The fraction of sp³-hybridized carbons (Fsp3) is 0.0476. The molecule has 0 aliphatic rings. The van der Waals surface area contributed by atoms with E-state index < -0.39 is 11.6 Å². The molecule has 0 aliphatic carbocycles. The lowest BCUT2D eigenvalue weighted by Crippen LogP contribution is -1.99. The minimum atomic E-state index is -0.941. The maximum absolute atomic E-state index is 13.5. The van der Waals surface area contributed by atoms with Crippen molar-refractivity contribution >= 4 is 34.2 Å². The van der Waals surface area contributed by atoms with Gasteiger partial charge in [0, 0.05) is 22.9 Å². The second kappa shape index (κ2) is 7.90. The van der Waals surface area contributed by atoms with Crippen LogP contribution in [0.25, 0.3) is 10.9 Å². The van der Waals surface area contributed by atoms with Crippen molar-refractivity contribution in [3.05, 3.63) is 89.7 Å². The van der Waals surface area contributed by atoms with Crippen LogP contribution in [-0.2, 0) is 5.75 Å². The Morgan fingerprint density at radius 3 is 2.50 bits per heavy atom. The van der Waals surface area contributed by atoms with Gasteiger partial charge in [-0.25, -0.2) is 23.1 Å². The molecule has 7 heteroatoms. The van der Waals surface area contributed by atoms with E-state index in [9.17, 15) is 13.2 Å². The molecule has 3 nitrogen and oxygen atoms in total. The predicted molar refractivity (Wildman–Crippen MR) is 105 cm³/mol. The third-order valence-electron chi connectivity index (χ3n) is 4.02. The summed E-state index contributed by atoms with van der Waals surface area (Å²) in [5, 5.41) is 4.28. The van der Waals surface area contributed by atoms with E-state index in [4.69, 9.17) is 0 Å². The third-order valence-corrected chi connectivity index (χ3v) is 4.94. The number of para-hydroxylation sites is 1. The predicted octanol–water partition coefficient (Wildman–Crippen LogP) is 6.08. The highest BCUT2D eigenvalue weighted by Gasteiger charge is 2.10. The molecule has 4 rings (SSSR count). The number of hydrogen-bond donors (Lipinski definition) is 1. The van der Waals surface area contributed by atoms with Crippen molar-refractivity contribution in [2.45, 2.75) is 10.9 Å². The van der Waals surface area contributed by atoms with E-state index in [0.717, 1.165) is 23.1 Å². The van der Waals surface area contributed by atoms with Crippen LogP contribution in [-0.4, -0.2) is 9.97 Å². The highest BCUT2D eigenvalue weighted by atomic mass is 32.2. The molecule has 0 fully saturated rings. The van der Waals surface area contributed by atoms with Crippen molar-refractivity contribution < 1.29 is 13.2 Å². The zero-order valence-electron chi connectivity index (χ0n) is 14.5. The molecule has 4 aromatic rings. The molecule has 0 saturated carbocycles. The smallest absolute Gasteiger partial charge is 0.190 e. The summed E-state index contributed by atoms with van der Waals surface area (Å²) >= 11 is 1.36. The largest absolute Gasteiger partial charge is 0.339 e. The fourth-order valence-electron chi connectivity index (χ4n) is 2.70. The topological polar surface area (TPSA) is 37.8 Å². The minimum Gasteiger partial charge on any atom is -0.339 e. The minimum absolute atomic E-state index is 0.293. The highest BCUT2D eigenvalue weighted by molar-refractivity contribution is 7.98. The molecule has 0 bridgehead atoms. The van der Waals surface area contributed by atoms with Crippen LogP contribution in [0, 0.1) is 17.5 Å². The monoisotopic (exact) mass is 397 g/mol. The van der Waals surface area contributed by atoms with Crippen molar-refractivity contribution in [3.63, 3.8) is 0 Å². The first-order chi connectivity index (χ1) is 13.6. The number of fused-ring (bicyclic) bond motifs is 1. The zero-order chi connectivity index (χ0) is 19.5. The second-order valence-corrected chi connectivity index (χ2v) is 6.99. The first-order valence-electron chi connectivity index (χ1n) is 8.44. The van der Waals surface area contributed by atoms with Gasteiger partial charge in [-0.2, -0.15) is 0 Å². The van der Waals surface area contributed by atoms with Crippen molar-refractivity contribution in [2.75, 3.05) is 5.32 Å². The third kappa shape index (κ3) is 4.09. The summed E-state index contributed by atoms with van der Waals surface area (Å²) in [7, 11) is 0. The number of thioether (sulfide) groups is 1. The van der Waals surface area contributed by atoms with Crippen LogP contribution in [0.15, 0.2) is 71.9 Å². The molecule has 1 heterocycles. The molecule has 3 aromatic carbocycles. The summed E-state index contributed by atoms with van der Waals surface area (Å²) in [6, 6.07) is 17.3. The van der Waals surface area contributed by atoms with Gasteiger partial charge >= 0.3 is 0 Å². The zero-order valence-corrected chi connectivity index (χ0v) is 15.3. The Kier molecular flexibility index (Phi) is 5.16. The lowest BCUT2D eigenvalue weighted by atomic mass is 10.2. The Morgan fingerprint density at radius 1 is 0.821 bits per heavy atom. The molecule has 0 amide bonds. The molecule has 0 radical (unpaired) electrons. The lowest BCUT2D eigenvalue weighted by molar-refractivity contribution is 0.509. The van der Waals surface area contributed by atoms with Crippen LogP contribution in [0.2, 0.25) is 0 Å². The first kappa shape index (κ1) is 18.3. The van der Waals surface area contributed by atoms with Gasteiger partial charge in [-0.15, -0.1) is 0 Å². The van der Waals surface area contributed by atoms with Gasteiger partial charge in [-0.3, -0.25) is 0 Å². The number of nitrogens with zero attached hydrogens (tertiary/aromatic N) is 2. The quantitative estimate of drug-likeness (QED) is 0.327. The number of benzene rings is 3. The van der Waals surface area contributed by atoms with Crippen molar-refractivity contribution in [1.29, 1.82) is 0 Å². The number of nitrogens with one attached hydrogen (secondary N) is 1. The molecule has 0 saturated heterocycles. The molecule has 1 aromatic heterocycles. The first-order valence-corrected chi connectivity index (χ1v) is 9.43. The Balaban J connectivity index is 1.65. The van der Waals surface area contributed by atoms with Crippen LogP contribution >= 0.6 is 11.8 Å². The van der Waals surface area contributed by atoms with Gasteiger partial charge in [-0.05, 0) is 42.0 Å². The van der Waals surface area contributed by atoms with Crippen molar-refractivity contribution in [3.8, 4) is 0 Å².